The third-order valence-electron chi connectivity index (χ3n) is 6.97. The first-order valence-electron chi connectivity index (χ1n) is 12.4. The molecule has 2 rings (SSSR count). The van der Waals surface area contributed by atoms with Gasteiger partial charge in [-0.1, -0.05) is 104 Å². The second kappa shape index (κ2) is 13.2. The van der Waals surface area contributed by atoms with Crippen molar-refractivity contribution >= 4 is 0 Å². The molecule has 0 unspecified atom stereocenters. The third-order valence-corrected chi connectivity index (χ3v) is 6.97. The molecule has 2 heterocycles. The van der Waals surface area contributed by atoms with Crippen molar-refractivity contribution in [3.63, 3.8) is 0 Å². The van der Waals surface area contributed by atoms with Gasteiger partial charge < -0.3 is 9.47 Å². The van der Waals surface area contributed by atoms with Crippen molar-refractivity contribution in [2.45, 2.75) is 155 Å². The minimum atomic E-state index is -0.00328. The van der Waals surface area contributed by atoms with Crippen LogP contribution in [0.1, 0.15) is 136 Å². The average molecular weight is 381 g/mol. The molecular formula is C25H48O2. The zero-order valence-electron chi connectivity index (χ0n) is 18.8. The molecule has 2 fully saturated rings. The summed E-state index contributed by atoms with van der Waals surface area (Å²) in [6.45, 7) is 7.05. The summed E-state index contributed by atoms with van der Waals surface area (Å²) >= 11 is 0. The molecule has 0 spiro atoms. The first kappa shape index (κ1) is 23.2. The van der Waals surface area contributed by atoms with E-state index in [4.69, 9.17) is 9.47 Å². The highest BCUT2D eigenvalue weighted by Crippen LogP contribution is 2.32. The Hall–Kier alpha value is -0.0800. The predicted octanol–water partition coefficient (Wildman–Crippen LogP) is 8.18. The molecule has 27 heavy (non-hydrogen) atoms. The molecule has 0 aromatic heterocycles. The molecule has 0 radical (unpaired) electrons. The van der Waals surface area contributed by atoms with Gasteiger partial charge in [-0.15, -0.1) is 0 Å². The molecule has 0 amide bonds. The molecule has 0 aromatic rings. The van der Waals surface area contributed by atoms with Crippen LogP contribution in [0.5, 0.6) is 0 Å². The second-order valence-corrected chi connectivity index (χ2v) is 10.1. The highest BCUT2D eigenvalue weighted by atomic mass is 16.7. The Morgan fingerprint density at radius 3 is 1.26 bits per heavy atom. The van der Waals surface area contributed by atoms with Crippen molar-refractivity contribution in [3.8, 4) is 0 Å². The molecule has 0 aromatic carbocycles. The highest BCUT2D eigenvalue weighted by molar-refractivity contribution is 4.73. The van der Waals surface area contributed by atoms with Crippen molar-refractivity contribution in [2.24, 2.45) is 5.41 Å². The van der Waals surface area contributed by atoms with Crippen molar-refractivity contribution in [1.29, 1.82) is 0 Å². The Morgan fingerprint density at radius 1 is 0.593 bits per heavy atom. The van der Waals surface area contributed by atoms with E-state index in [2.05, 4.69) is 20.8 Å². The van der Waals surface area contributed by atoms with E-state index in [1.165, 1.54) is 109 Å². The lowest BCUT2D eigenvalue weighted by atomic mass is 9.86. The van der Waals surface area contributed by atoms with Gasteiger partial charge in [0.2, 0.25) is 0 Å². The molecule has 2 aliphatic heterocycles. The van der Waals surface area contributed by atoms with E-state index in [0.29, 0.717) is 17.6 Å². The van der Waals surface area contributed by atoms with Crippen molar-refractivity contribution < 1.29 is 9.47 Å². The third kappa shape index (κ3) is 10.3. The molecule has 160 valence electrons. The minimum absolute atomic E-state index is 0.00328. The summed E-state index contributed by atoms with van der Waals surface area (Å²) in [5.41, 5.74) is 0.293. The Labute approximate surface area is 170 Å². The van der Waals surface area contributed by atoms with E-state index in [1.54, 1.807) is 0 Å². The van der Waals surface area contributed by atoms with Crippen LogP contribution in [0.25, 0.3) is 0 Å². The van der Waals surface area contributed by atoms with Crippen LogP contribution < -0.4 is 0 Å². The van der Waals surface area contributed by atoms with E-state index in [0.717, 1.165) is 6.42 Å². The summed E-state index contributed by atoms with van der Waals surface area (Å²) in [4.78, 5) is 0. The topological polar surface area (TPSA) is 18.5 Å². The van der Waals surface area contributed by atoms with Crippen molar-refractivity contribution in [3.05, 3.63) is 0 Å². The molecule has 2 bridgehead atoms. The Balaban J connectivity index is 2.11. The minimum Gasteiger partial charge on any atom is -0.349 e. The van der Waals surface area contributed by atoms with E-state index in [1.807, 2.05) is 0 Å². The van der Waals surface area contributed by atoms with Gasteiger partial charge >= 0.3 is 0 Å². The molecule has 2 nitrogen and oxygen atoms in total. The summed E-state index contributed by atoms with van der Waals surface area (Å²) in [6, 6.07) is 0. The van der Waals surface area contributed by atoms with Crippen LogP contribution in [-0.2, 0) is 9.47 Å². The molecule has 2 heteroatoms. The summed E-state index contributed by atoms with van der Waals surface area (Å²) in [5.74, 6) is 0. The molecule has 0 aliphatic carbocycles. The first-order valence-corrected chi connectivity index (χ1v) is 12.4. The second-order valence-electron chi connectivity index (χ2n) is 10.1. The number of hydrogen-bond acceptors (Lipinski definition) is 2. The van der Waals surface area contributed by atoms with Gasteiger partial charge in [-0.2, -0.15) is 0 Å². The van der Waals surface area contributed by atoms with Gasteiger partial charge in [0, 0.05) is 6.42 Å². The van der Waals surface area contributed by atoms with Gasteiger partial charge in [0.15, 0.2) is 6.29 Å². The highest BCUT2D eigenvalue weighted by Gasteiger charge is 2.28. The lowest BCUT2D eigenvalue weighted by Crippen LogP contribution is -2.33. The van der Waals surface area contributed by atoms with Gasteiger partial charge in [0.05, 0.1) is 12.2 Å². The van der Waals surface area contributed by atoms with Gasteiger partial charge in [-0.25, -0.2) is 0 Å². The lowest BCUT2D eigenvalue weighted by molar-refractivity contribution is -0.212. The van der Waals surface area contributed by atoms with Crippen LogP contribution in [0.4, 0.5) is 0 Å². The average Bonchev–Trinajstić information content (AvgIpc) is 2.66. The van der Waals surface area contributed by atoms with Gasteiger partial charge in [0.1, 0.15) is 0 Å². The van der Waals surface area contributed by atoms with Crippen LogP contribution in [-0.4, -0.2) is 18.5 Å². The molecule has 2 saturated heterocycles. The molecule has 0 atom stereocenters. The maximum Gasteiger partial charge on any atom is 0.158 e. The molecule has 0 saturated carbocycles. The van der Waals surface area contributed by atoms with Gasteiger partial charge in [-0.3, -0.25) is 0 Å². The zero-order valence-corrected chi connectivity index (χ0v) is 18.8. The predicted molar refractivity (Wildman–Crippen MR) is 116 cm³/mol. The summed E-state index contributed by atoms with van der Waals surface area (Å²) in [6.07, 6.45) is 24.5. The van der Waals surface area contributed by atoms with Gasteiger partial charge in [-0.05, 0) is 31.1 Å². The fraction of sp³-hybridized carbons (Fsp3) is 1.00. The zero-order chi connectivity index (χ0) is 19.4. The number of fused-ring (bicyclic) bond motifs is 4. The van der Waals surface area contributed by atoms with Crippen LogP contribution in [0.3, 0.4) is 0 Å². The summed E-state index contributed by atoms with van der Waals surface area (Å²) < 4.78 is 13.4. The monoisotopic (exact) mass is 380 g/mol. The Bertz CT molecular complexity index is 319. The summed E-state index contributed by atoms with van der Waals surface area (Å²) in [7, 11) is 0. The molecular weight excluding hydrogens is 332 g/mol. The largest absolute Gasteiger partial charge is 0.349 e. The lowest BCUT2D eigenvalue weighted by Gasteiger charge is -2.34. The first-order chi connectivity index (χ1) is 13.1. The molecule has 2 aliphatic rings. The van der Waals surface area contributed by atoms with E-state index >= 15 is 0 Å². The maximum absolute atomic E-state index is 6.72. The molecule has 0 N–H and O–H groups in total. The quantitative estimate of drug-likeness (QED) is 0.491. The number of hydrogen-bond donors (Lipinski definition) is 0. The summed E-state index contributed by atoms with van der Waals surface area (Å²) in [5, 5.41) is 0. The van der Waals surface area contributed by atoms with Crippen LogP contribution >= 0.6 is 0 Å². The fourth-order valence-electron chi connectivity index (χ4n) is 4.62. The maximum atomic E-state index is 6.72. The fourth-order valence-corrected chi connectivity index (χ4v) is 4.62. The number of ether oxygens (including phenoxy) is 2. The SMILES string of the molecule is CCC(C)(C)CC1OC2CCCCCCCCC(CCCCCCCC2)O1. The Kier molecular flexibility index (Phi) is 11.3. The normalized spacial score (nSPS) is 31.0. The van der Waals surface area contributed by atoms with E-state index in [-0.39, 0.29) is 6.29 Å². The van der Waals surface area contributed by atoms with Gasteiger partial charge in [0.25, 0.3) is 0 Å². The standard InChI is InChI=1S/C25H48O2/c1-4-25(2,3)21-24-26-22-17-13-9-5-6-10-14-18-23(27-24)20-16-12-8-7-11-15-19-22/h22-24H,4-21H2,1-3H3. The number of rotatable bonds is 3. The van der Waals surface area contributed by atoms with Crippen LogP contribution in [0, 0.1) is 5.41 Å². The smallest absolute Gasteiger partial charge is 0.158 e. The van der Waals surface area contributed by atoms with Crippen molar-refractivity contribution in [2.75, 3.05) is 0 Å². The van der Waals surface area contributed by atoms with Crippen LogP contribution in [0.2, 0.25) is 0 Å². The van der Waals surface area contributed by atoms with Crippen LogP contribution in [0.15, 0.2) is 0 Å². The van der Waals surface area contributed by atoms with Crippen molar-refractivity contribution in [1.82, 2.24) is 0 Å². The van der Waals surface area contributed by atoms with E-state index in [9.17, 15) is 0 Å². The van der Waals surface area contributed by atoms with E-state index < -0.39 is 0 Å². The Morgan fingerprint density at radius 2 is 0.926 bits per heavy atom.